The van der Waals surface area contributed by atoms with Crippen molar-refractivity contribution in [3.63, 3.8) is 0 Å². The van der Waals surface area contributed by atoms with Crippen molar-refractivity contribution in [2.75, 3.05) is 0 Å². The van der Waals surface area contributed by atoms with Crippen LogP contribution in [-0.2, 0) is 4.74 Å². The van der Waals surface area contributed by atoms with Gasteiger partial charge in [0.2, 0.25) is 0 Å². The van der Waals surface area contributed by atoms with E-state index in [1.165, 1.54) is 32.1 Å². The summed E-state index contributed by atoms with van der Waals surface area (Å²) in [6.07, 6.45) is 8.11. The fourth-order valence-corrected chi connectivity index (χ4v) is 2.40. The predicted molar refractivity (Wildman–Crippen MR) is 40.9 cm³/mol. The van der Waals surface area contributed by atoms with Crippen LogP contribution >= 0.6 is 0 Å². The Bertz CT molecular complexity index is 108. The topological polar surface area (TPSA) is 9.23 Å². The molecule has 1 saturated carbocycles. The van der Waals surface area contributed by atoms with Crippen LogP contribution in [0.3, 0.4) is 0 Å². The van der Waals surface area contributed by atoms with Gasteiger partial charge in [-0.3, -0.25) is 0 Å². The van der Waals surface area contributed by atoms with E-state index in [1.54, 1.807) is 0 Å². The number of ether oxygens (including phenoxy) is 1. The fraction of sp³-hybridized carbons (Fsp3) is 1.00. The van der Waals surface area contributed by atoms with E-state index in [-0.39, 0.29) is 0 Å². The van der Waals surface area contributed by atoms with E-state index in [9.17, 15) is 0 Å². The van der Waals surface area contributed by atoms with Crippen LogP contribution in [0, 0.1) is 5.92 Å². The molecule has 0 radical (unpaired) electrons. The molecule has 0 aromatic rings. The third-order valence-corrected chi connectivity index (χ3v) is 2.88. The lowest BCUT2D eigenvalue weighted by molar-refractivity contribution is 0.0272. The van der Waals surface area contributed by atoms with Gasteiger partial charge < -0.3 is 4.74 Å². The molecule has 0 spiro atoms. The summed E-state index contributed by atoms with van der Waals surface area (Å²) < 4.78 is 5.77. The lowest BCUT2D eigenvalue weighted by atomic mass is 9.86. The Labute approximate surface area is 62.8 Å². The van der Waals surface area contributed by atoms with E-state index in [0.717, 1.165) is 5.92 Å². The molecule has 1 heterocycles. The molecule has 0 N–H and O–H groups in total. The molecule has 2 fully saturated rings. The van der Waals surface area contributed by atoms with Gasteiger partial charge >= 0.3 is 0 Å². The molecular weight excluding hydrogens is 124 g/mol. The third kappa shape index (κ3) is 1.07. The first-order valence-electron chi connectivity index (χ1n) is 4.52. The Kier molecular flexibility index (Phi) is 1.69. The molecule has 0 bridgehead atoms. The normalized spacial score (nSPS) is 47.1. The molecule has 1 saturated heterocycles. The van der Waals surface area contributed by atoms with E-state index in [2.05, 4.69) is 6.92 Å². The largest absolute Gasteiger partial charge is 0.375 e. The van der Waals surface area contributed by atoms with Crippen molar-refractivity contribution < 1.29 is 4.74 Å². The number of rotatable bonds is 0. The molecule has 2 unspecified atom stereocenters. The van der Waals surface area contributed by atoms with Gasteiger partial charge in [-0.1, -0.05) is 12.8 Å². The Morgan fingerprint density at radius 1 is 1.20 bits per heavy atom. The molecule has 0 aromatic carbocycles. The molecule has 1 heteroatoms. The minimum atomic E-state index is 0.549. The highest BCUT2D eigenvalue weighted by molar-refractivity contribution is 4.83. The highest BCUT2D eigenvalue weighted by Gasteiger charge is 2.34. The van der Waals surface area contributed by atoms with Crippen LogP contribution in [-0.4, -0.2) is 12.2 Å². The SMILES string of the molecule is C[C@H]1CC2CCCCC2O1. The molecule has 1 aliphatic heterocycles. The smallest absolute Gasteiger partial charge is 0.0607 e. The van der Waals surface area contributed by atoms with E-state index in [4.69, 9.17) is 4.74 Å². The van der Waals surface area contributed by atoms with E-state index < -0.39 is 0 Å². The highest BCUT2D eigenvalue weighted by Crippen LogP contribution is 2.36. The minimum Gasteiger partial charge on any atom is -0.375 e. The van der Waals surface area contributed by atoms with Crippen LogP contribution in [0.15, 0.2) is 0 Å². The van der Waals surface area contributed by atoms with Gasteiger partial charge in [-0.15, -0.1) is 0 Å². The summed E-state index contributed by atoms with van der Waals surface area (Å²) in [5.74, 6) is 0.920. The summed E-state index contributed by atoms with van der Waals surface area (Å²) in [5.41, 5.74) is 0. The minimum absolute atomic E-state index is 0.549. The van der Waals surface area contributed by atoms with Crippen molar-refractivity contribution in [3.8, 4) is 0 Å². The molecule has 0 amide bonds. The summed E-state index contributed by atoms with van der Waals surface area (Å²) in [6, 6.07) is 0. The summed E-state index contributed by atoms with van der Waals surface area (Å²) >= 11 is 0. The second-order valence-corrected chi connectivity index (χ2v) is 3.77. The lowest BCUT2D eigenvalue weighted by Crippen LogP contribution is -2.19. The zero-order valence-corrected chi connectivity index (χ0v) is 6.68. The van der Waals surface area contributed by atoms with Gasteiger partial charge in [0.25, 0.3) is 0 Å². The summed E-state index contributed by atoms with van der Waals surface area (Å²) in [4.78, 5) is 0. The van der Waals surface area contributed by atoms with Crippen LogP contribution in [0.2, 0.25) is 0 Å². The van der Waals surface area contributed by atoms with Crippen molar-refractivity contribution in [3.05, 3.63) is 0 Å². The van der Waals surface area contributed by atoms with Crippen LogP contribution in [0.25, 0.3) is 0 Å². The lowest BCUT2D eigenvalue weighted by Gasteiger charge is -2.23. The van der Waals surface area contributed by atoms with Crippen molar-refractivity contribution in [1.29, 1.82) is 0 Å². The Morgan fingerprint density at radius 3 is 2.80 bits per heavy atom. The van der Waals surface area contributed by atoms with Gasteiger partial charge in [-0.2, -0.15) is 0 Å². The second kappa shape index (κ2) is 2.54. The van der Waals surface area contributed by atoms with Gasteiger partial charge in [0.05, 0.1) is 12.2 Å². The maximum absolute atomic E-state index is 5.77. The van der Waals surface area contributed by atoms with Crippen LogP contribution in [0.1, 0.15) is 39.0 Å². The van der Waals surface area contributed by atoms with Crippen molar-refractivity contribution in [1.82, 2.24) is 0 Å². The first-order valence-corrected chi connectivity index (χ1v) is 4.52. The predicted octanol–water partition coefficient (Wildman–Crippen LogP) is 2.35. The van der Waals surface area contributed by atoms with E-state index >= 15 is 0 Å². The third-order valence-electron chi connectivity index (χ3n) is 2.88. The summed E-state index contributed by atoms with van der Waals surface area (Å²) in [5, 5.41) is 0. The highest BCUT2D eigenvalue weighted by atomic mass is 16.5. The molecule has 1 aliphatic carbocycles. The summed E-state index contributed by atoms with van der Waals surface area (Å²) in [7, 11) is 0. The molecule has 0 aromatic heterocycles. The average Bonchev–Trinajstić information content (AvgIpc) is 2.27. The van der Waals surface area contributed by atoms with Gasteiger partial charge in [0.15, 0.2) is 0 Å². The number of hydrogen-bond donors (Lipinski definition) is 0. The molecule has 2 aliphatic rings. The van der Waals surface area contributed by atoms with Crippen molar-refractivity contribution in [2.45, 2.75) is 51.2 Å². The average molecular weight is 140 g/mol. The Morgan fingerprint density at radius 2 is 2.00 bits per heavy atom. The molecule has 3 atom stereocenters. The van der Waals surface area contributed by atoms with Crippen LogP contribution < -0.4 is 0 Å². The van der Waals surface area contributed by atoms with Gasteiger partial charge in [-0.25, -0.2) is 0 Å². The van der Waals surface area contributed by atoms with E-state index in [0.29, 0.717) is 12.2 Å². The monoisotopic (exact) mass is 140 g/mol. The summed E-state index contributed by atoms with van der Waals surface area (Å²) in [6.45, 7) is 2.21. The number of fused-ring (bicyclic) bond motifs is 1. The molecule has 2 rings (SSSR count). The standard InChI is InChI=1S/C9H16O/c1-7-6-8-4-2-3-5-9(8)10-7/h7-9H,2-6H2,1H3/t7-,8?,9?/m0/s1. The molecule has 10 heavy (non-hydrogen) atoms. The maximum Gasteiger partial charge on any atom is 0.0607 e. The van der Waals surface area contributed by atoms with Crippen LogP contribution in [0.4, 0.5) is 0 Å². The van der Waals surface area contributed by atoms with Gasteiger partial charge in [0, 0.05) is 0 Å². The van der Waals surface area contributed by atoms with Crippen LogP contribution in [0.5, 0.6) is 0 Å². The first kappa shape index (κ1) is 6.66. The Balaban J connectivity index is 1.97. The molecule has 1 nitrogen and oxygen atoms in total. The molecule has 58 valence electrons. The molecular formula is C9H16O. The Hall–Kier alpha value is -0.0400. The fourth-order valence-electron chi connectivity index (χ4n) is 2.40. The second-order valence-electron chi connectivity index (χ2n) is 3.77. The van der Waals surface area contributed by atoms with E-state index in [1.807, 2.05) is 0 Å². The van der Waals surface area contributed by atoms with Gasteiger partial charge in [0.1, 0.15) is 0 Å². The van der Waals surface area contributed by atoms with Gasteiger partial charge in [-0.05, 0) is 32.1 Å². The zero-order valence-electron chi connectivity index (χ0n) is 6.68. The van der Waals surface area contributed by atoms with Crippen molar-refractivity contribution in [2.24, 2.45) is 5.92 Å². The number of hydrogen-bond acceptors (Lipinski definition) is 1. The zero-order chi connectivity index (χ0) is 6.97. The first-order chi connectivity index (χ1) is 4.86. The van der Waals surface area contributed by atoms with Crippen molar-refractivity contribution >= 4 is 0 Å². The maximum atomic E-state index is 5.77. The quantitative estimate of drug-likeness (QED) is 0.502.